The van der Waals surface area contributed by atoms with Gasteiger partial charge in [0.05, 0.1) is 20.0 Å². The highest BCUT2D eigenvalue weighted by Gasteiger charge is 2.17. The number of hydrogen-bond donors (Lipinski definition) is 2. The smallest absolute Gasteiger partial charge is 0.316 e. The fourth-order valence-corrected chi connectivity index (χ4v) is 3.05. The van der Waals surface area contributed by atoms with Crippen molar-refractivity contribution in [2.75, 3.05) is 19.7 Å². The van der Waals surface area contributed by atoms with Gasteiger partial charge in [0.25, 0.3) is 11.6 Å². The number of aromatic nitrogens is 2. The van der Waals surface area contributed by atoms with E-state index in [2.05, 4.69) is 20.8 Å². The van der Waals surface area contributed by atoms with Gasteiger partial charge in [0.2, 0.25) is 5.82 Å². The van der Waals surface area contributed by atoms with Crippen LogP contribution in [-0.4, -0.2) is 46.6 Å². The first kappa shape index (κ1) is 24.2. The maximum Gasteiger partial charge on any atom is 0.316 e. The fraction of sp³-hybridized carbons (Fsp3) is 0.158. The molecular formula is C19H14Cl3N5O6. The molecule has 14 heteroatoms. The highest BCUT2D eigenvalue weighted by Crippen LogP contribution is 2.33. The summed E-state index contributed by atoms with van der Waals surface area (Å²) in [7, 11) is 0. The van der Waals surface area contributed by atoms with Crippen LogP contribution in [0.3, 0.4) is 0 Å². The summed E-state index contributed by atoms with van der Waals surface area (Å²) < 4.78 is 10.2. The number of non-ortho nitro benzene ring substituents is 1. The van der Waals surface area contributed by atoms with Crippen molar-refractivity contribution in [1.82, 2.24) is 20.8 Å². The lowest BCUT2D eigenvalue weighted by Crippen LogP contribution is -2.36. The van der Waals surface area contributed by atoms with Gasteiger partial charge >= 0.3 is 11.8 Å². The molecule has 3 aromatic rings. The first-order valence-corrected chi connectivity index (χ1v) is 10.3. The van der Waals surface area contributed by atoms with E-state index in [1.807, 2.05) is 0 Å². The largest absolute Gasteiger partial charge is 0.482 e. The number of carbonyl (C=O) groups is 2. The zero-order chi connectivity index (χ0) is 24.0. The number of nitro groups is 1. The van der Waals surface area contributed by atoms with E-state index in [0.29, 0.717) is 5.56 Å². The van der Waals surface area contributed by atoms with Crippen molar-refractivity contribution in [3.63, 3.8) is 0 Å². The highest BCUT2D eigenvalue weighted by atomic mass is 35.5. The quantitative estimate of drug-likeness (QED) is 0.191. The molecule has 2 N–H and O–H groups in total. The lowest BCUT2D eigenvalue weighted by atomic mass is 10.2. The number of hydrogen-bond acceptors (Lipinski definition) is 8. The Labute approximate surface area is 201 Å². The zero-order valence-corrected chi connectivity index (χ0v) is 18.8. The molecule has 33 heavy (non-hydrogen) atoms. The Balaban J connectivity index is 1.44. The minimum atomic E-state index is -0.674. The number of benzene rings is 2. The first-order chi connectivity index (χ1) is 15.7. The molecule has 0 radical (unpaired) electrons. The summed E-state index contributed by atoms with van der Waals surface area (Å²) in [6.07, 6.45) is 0. The molecule has 1 heterocycles. The Bertz CT molecular complexity index is 1200. The van der Waals surface area contributed by atoms with Crippen molar-refractivity contribution < 1.29 is 23.8 Å². The Morgan fingerprint density at radius 2 is 1.79 bits per heavy atom. The Morgan fingerprint density at radius 1 is 1.06 bits per heavy atom. The van der Waals surface area contributed by atoms with Crippen molar-refractivity contribution >= 4 is 52.3 Å². The van der Waals surface area contributed by atoms with E-state index in [1.54, 1.807) is 6.07 Å². The second kappa shape index (κ2) is 10.9. The van der Waals surface area contributed by atoms with Crippen molar-refractivity contribution in [2.45, 2.75) is 0 Å². The Hall–Kier alpha value is -3.41. The van der Waals surface area contributed by atoms with Gasteiger partial charge in [-0.15, -0.1) is 0 Å². The van der Waals surface area contributed by atoms with Crippen molar-refractivity contribution in [1.29, 1.82) is 0 Å². The van der Waals surface area contributed by atoms with Crippen LogP contribution in [0, 0.1) is 10.1 Å². The van der Waals surface area contributed by atoms with Gasteiger partial charge in [-0.05, 0) is 6.07 Å². The molecule has 0 bridgehead atoms. The van der Waals surface area contributed by atoms with E-state index in [9.17, 15) is 19.7 Å². The molecule has 0 saturated heterocycles. The van der Waals surface area contributed by atoms with Gasteiger partial charge in [-0.1, -0.05) is 52.1 Å². The summed E-state index contributed by atoms with van der Waals surface area (Å²) in [6, 6.07) is 8.38. The van der Waals surface area contributed by atoms with Gasteiger partial charge in [-0.25, -0.2) is 0 Å². The topological polar surface area (TPSA) is 149 Å². The second-order valence-corrected chi connectivity index (χ2v) is 7.54. The minimum absolute atomic E-state index is 0.0234. The molecule has 0 aliphatic carbocycles. The molecule has 0 spiro atoms. The summed E-state index contributed by atoms with van der Waals surface area (Å²) >= 11 is 17.7. The van der Waals surface area contributed by atoms with E-state index in [0.717, 1.165) is 0 Å². The molecule has 11 nitrogen and oxygen atoms in total. The van der Waals surface area contributed by atoms with Gasteiger partial charge in [0.1, 0.15) is 5.75 Å². The normalized spacial score (nSPS) is 10.5. The Kier molecular flexibility index (Phi) is 8.04. The van der Waals surface area contributed by atoms with Gasteiger partial charge in [0.15, 0.2) is 6.61 Å². The molecule has 0 unspecified atom stereocenters. The van der Waals surface area contributed by atoms with Crippen LogP contribution in [0.5, 0.6) is 5.75 Å². The number of carbonyl (C=O) groups excluding carboxylic acids is 2. The lowest BCUT2D eigenvalue weighted by Gasteiger charge is -2.10. The second-order valence-electron chi connectivity index (χ2n) is 6.32. The molecule has 0 aliphatic rings. The van der Waals surface area contributed by atoms with Crippen LogP contribution in [0.1, 0.15) is 10.7 Å². The van der Waals surface area contributed by atoms with Gasteiger partial charge in [0, 0.05) is 36.9 Å². The van der Waals surface area contributed by atoms with Crippen molar-refractivity contribution in [2.24, 2.45) is 0 Å². The number of halogens is 3. The first-order valence-electron chi connectivity index (χ1n) is 9.15. The maximum atomic E-state index is 12.1. The number of rotatable bonds is 9. The molecular weight excluding hydrogens is 501 g/mol. The van der Waals surface area contributed by atoms with E-state index in [-0.39, 0.29) is 57.9 Å². The van der Waals surface area contributed by atoms with E-state index >= 15 is 0 Å². The number of nitro benzene ring substituents is 1. The van der Waals surface area contributed by atoms with Crippen LogP contribution in [-0.2, 0) is 4.79 Å². The molecule has 0 saturated carbocycles. The standard InChI is InChI=1S/C19H14Cl3N5O6/c20-12-7-14(22)15(8-13(12)21)32-9-16(28)23-4-5-24-18(29)19-25-17(26-33-19)10-2-1-3-11(6-10)27(30)31/h1-3,6-8H,4-5,9H2,(H,23,28)(H,24,29). The molecule has 172 valence electrons. The number of nitrogens with one attached hydrogen (secondary N) is 2. The van der Waals surface area contributed by atoms with Gasteiger partial charge in [-0.2, -0.15) is 4.98 Å². The molecule has 0 fully saturated rings. The molecule has 0 atom stereocenters. The number of ether oxygens (including phenoxy) is 1. The van der Waals surface area contributed by atoms with Gasteiger partial charge < -0.3 is 19.9 Å². The van der Waals surface area contributed by atoms with Crippen LogP contribution in [0.25, 0.3) is 11.4 Å². The average molecular weight is 515 g/mol. The van der Waals surface area contributed by atoms with E-state index in [4.69, 9.17) is 44.1 Å². The van der Waals surface area contributed by atoms with Crippen molar-refractivity contribution in [3.05, 3.63) is 67.5 Å². The monoisotopic (exact) mass is 513 g/mol. The molecule has 1 aromatic heterocycles. The lowest BCUT2D eigenvalue weighted by molar-refractivity contribution is -0.384. The molecule has 2 aromatic carbocycles. The molecule has 0 aliphatic heterocycles. The van der Waals surface area contributed by atoms with Gasteiger partial charge in [-0.3, -0.25) is 19.7 Å². The third kappa shape index (κ3) is 6.54. The van der Waals surface area contributed by atoms with Crippen molar-refractivity contribution in [3.8, 4) is 17.1 Å². The zero-order valence-electron chi connectivity index (χ0n) is 16.5. The van der Waals surface area contributed by atoms with Crippen LogP contribution in [0.4, 0.5) is 5.69 Å². The van der Waals surface area contributed by atoms with Crippen LogP contribution in [0.2, 0.25) is 15.1 Å². The third-order valence-corrected chi connectivity index (χ3v) is 5.02. The average Bonchev–Trinajstić information content (AvgIpc) is 3.29. The summed E-state index contributed by atoms with van der Waals surface area (Å²) in [5.41, 5.74) is 0.172. The minimum Gasteiger partial charge on any atom is -0.482 e. The highest BCUT2D eigenvalue weighted by molar-refractivity contribution is 6.43. The fourth-order valence-electron chi connectivity index (χ4n) is 2.45. The summed E-state index contributed by atoms with van der Waals surface area (Å²) in [5.74, 6) is -1.24. The third-order valence-electron chi connectivity index (χ3n) is 4.00. The molecule has 2 amide bonds. The van der Waals surface area contributed by atoms with Crippen LogP contribution >= 0.6 is 34.8 Å². The van der Waals surface area contributed by atoms with E-state index in [1.165, 1.54) is 30.3 Å². The molecule has 3 rings (SSSR count). The number of amides is 2. The van der Waals surface area contributed by atoms with E-state index < -0.39 is 16.7 Å². The summed E-state index contributed by atoms with van der Waals surface area (Å²) in [4.78, 5) is 38.3. The van der Waals surface area contributed by atoms with Crippen LogP contribution in [0.15, 0.2) is 40.9 Å². The predicted molar refractivity (Wildman–Crippen MR) is 119 cm³/mol. The number of nitrogens with zero attached hydrogens (tertiary/aromatic N) is 3. The Morgan fingerprint density at radius 3 is 2.55 bits per heavy atom. The predicted octanol–water partition coefficient (Wildman–Crippen LogP) is 3.53. The summed E-state index contributed by atoms with van der Waals surface area (Å²) in [5, 5.41) is 20.2. The SMILES string of the molecule is O=C(COc1cc(Cl)c(Cl)cc1Cl)NCCNC(=O)c1nc(-c2cccc([N+](=O)[O-])c2)no1. The van der Waals surface area contributed by atoms with Crippen LogP contribution < -0.4 is 15.4 Å². The maximum absolute atomic E-state index is 12.1. The summed E-state index contributed by atoms with van der Waals surface area (Å²) in [6.45, 7) is -0.177.